The summed E-state index contributed by atoms with van der Waals surface area (Å²) in [5.41, 5.74) is 1.18. The molecule has 0 aliphatic rings. The SMILES string of the molecule is Cn1cnc2c1c(=O)n(CCN(CCO)Cc1ccccc1)c(=O)n2C. The summed E-state index contributed by atoms with van der Waals surface area (Å²) >= 11 is 0. The Bertz CT molecular complexity index is 1000. The fourth-order valence-electron chi connectivity index (χ4n) is 3.09. The molecule has 0 saturated heterocycles. The van der Waals surface area contributed by atoms with Crippen LogP contribution in [0.15, 0.2) is 46.2 Å². The molecule has 0 radical (unpaired) electrons. The highest BCUT2D eigenvalue weighted by atomic mass is 16.3. The predicted octanol–water partition coefficient (Wildman–Crippen LogP) is -0.0718. The van der Waals surface area contributed by atoms with E-state index in [1.54, 1.807) is 18.7 Å². The second kappa shape index (κ2) is 7.67. The van der Waals surface area contributed by atoms with E-state index in [1.165, 1.54) is 15.5 Å². The van der Waals surface area contributed by atoms with Gasteiger partial charge in [-0.25, -0.2) is 9.78 Å². The van der Waals surface area contributed by atoms with Crippen LogP contribution in [0.1, 0.15) is 5.56 Å². The Morgan fingerprint density at radius 3 is 2.54 bits per heavy atom. The average Bonchev–Trinajstić information content (AvgIpc) is 3.02. The first-order chi connectivity index (χ1) is 12.5. The summed E-state index contributed by atoms with van der Waals surface area (Å²) in [6, 6.07) is 9.90. The average molecular weight is 357 g/mol. The van der Waals surface area contributed by atoms with Crippen LogP contribution >= 0.6 is 0 Å². The Morgan fingerprint density at radius 2 is 1.85 bits per heavy atom. The molecule has 0 aliphatic carbocycles. The van der Waals surface area contributed by atoms with Crippen molar-refractivity contribution in [2.75, 3.05) is 19.7 Å². The largest absolute Gasteiger partial charge is 0.395 e. The highest BCUT2D eigenvalue weighted by molar-refractivity contribution is 5.69. The number of aryl methyl sites for hydroxylation is 2. The number of hydrogen-bond donors (Lipinski definition) is 1. The highest BCUT2D eigenvalue weighted by Gasteiger charge is 2.15. The Hall–Kier alpha value is -2.71. The molecule has 0 bridgehead atoms. The number of nitrogens with zero attached hydrogens (tertiary/aromatic N) is 5. The lowest BCUT2D eigenvalue weighted by Crippen LogP contribution is -2.42. The maximum absolute atomic E-state index is 12.7. The third kappa shape index (κ3) is 3.47. The number of benzene rings is 1. The molecule has 0 atom stereocenters. The standard InChI is InChI=1S/C18H23N5O3/c1-20-13-19-16-15(20)17(25)23(18(26)21(16)2)9-8-22(10-11-24)12-14-6-4-3-5-7-14/h3-7,13,24H,8-12H2,1-2H3. The van der Waals surface area contributed by atoms with E-state index >= 15 is 0 Å². The third-order valence-corrected chi connectivity index (χ3v) is 4.51. The number of hydrogen-bond acceptors (Lipinski definition) is 5. The van der Waals surface area contributed by atoms with Gasteiger partial charge in [0, 0.05) is 40.3 Å². The van der Waals surface area contributed by atoms with Gasteiger partial charge in [-0.1, -0.05) is 30.3 Å². The summed E-state index contributed by atoms with van der Waals surface area (Å²) < 4.78 is 4.26. The first kappa shape index (κ1) is 18.1. The smallest absolute Gasteiger partial charge is 0.332 e. The van der Waals surface area contributed by atoms with E-state index in [-0.39, 0.29) is 24.4 Å². The normalized spacial score (nSPS) is 11.5. The van der Waals surface area contributed by atoms with Crippen LogP contribution in [-0.2, 0) is 27.2 Å². The van der Waals surface area contributed by atoms with E-state index in [1.807, 2.05) is 35.2 Å². The molecule has 26 heavy (non-hydrogen) atoms. The van der Waals surface area contributed by atoms with Crippen molar-refractivity contribution in [3.63, 3.8) is 0 Å². The van der Waals surface area contributed by atoms with Gasteiger partial charge >= 0.3 is 5.69 Å². The fourth-order valence-corrected chi connectivity index (χ4v) is 3.09. The summed E-state index contributed by atoms with van der Waals surface area (Å²) in [4.78, 5) is 31.4. The minimum Gasteiger partial charge on any atom is -0.395 e. The Balaban J connectivity index is 1.86. The zero-order valence-corrected chi connectivity index (χ0v) is 15.0. The van der Waals surface area contributed by atoms with Crippen molar-refractivity contribution < 1.29 is 5.11 Å². The number of rotatable bonds is 7. The van der Waals surface area contributed by atoms with Crippen molar-refractivity contribution in [3.05, 3.63) is 63.1 Å². The summed E-state index contributed by atoms with van der Waals surface area (Å²) in [7, 11) is 3.35. The monoisotopic (exact) mass is 357 g/mol. The van der Waals surface area contributed by atoms with Gasteiger partial charge < -0.3 is 9.67 Å². The predicted molar refractivity (Wildman–Crippen MR) is 99.0 cm³/mol. The number of imidazole rings is 1. The van der Waals surface area contributed by atoms with Gasteiger partial charge in [-0.2, -0.15) is 0 Å². The van der Waals surface area contributed by atoms with E-state index in [4.69, 9.17) is 0 Å². The van der Waals surface area contributed by atoms with Gasteiger partial charge in [-0.15, -0.1) is 0 Å². The summed E-state index contributed by atoms with van der Waals surface area (Å²) in [6.45, 7) is 1.86. The summed E-state index contributed by atoms with van der Waals surface area (Å²) in [5.74, 6) is 0. The van der Waals surface area contributed by atoms with Gasteiger partial charge in [0.1, 0.15) is 0 Å². The zero-order valence-electron chi connectivity index (χ0n) is 15.0. The molecule has 0 fully saturated rings. The topological polar surface area (TPSA) is 85.3 Å². The molecule has 1 aromatic carbocycles. The second-order valence-corrected chi connectivity index (χ2v) is 6.31. The molecule has 0 spiro atoms. The second-order valence-electron chi connectivity index (χ2n) is 6.31. The molecule has 2 aromatic heterocycles. The molecule has 3 rings (SSSR count). The molecule has 0 amide bonds. The molecule has 0 unspecified atom stereocenters. The molecule has 3 aromatic rings. The van der Waals surface area contributed by atoms with Gasteiger partial charge in [0.15, 0.2) is 11.2 Å². The zero-order chi connectivity index (χ0) is 18.7. The van der Waals surface area contributed by atoms with Crippen molar-refractivity contribution in [1.29, 1.82) is 0 Å². The van der Waals surface area contributed by atoms with E-state index in [9.17, 15) is 14.7 Å². The lowest BCUT2D eigenvalue weighted by molar-refractivity contribution is 0.184. The van der Waals surface area contributed by atoms with Crippen molar-refractivity contribution >= 4 is 11.2 Å². The lowest BCUT2D eigenvalue weighted by atomic mass is 10.2. The first-order valence-corrected chi connectivity index (χ1v) is 8.51. The van der Waals surface area contributed by atoms with Crippen LogP contribution in [0.2, 0.25) is 0 Å². The summed E-state index contributed by atoms with van der Waals surface area (Å²) in [5, 5.41) is 9.33. The number of fused-ring (bicyclic) bond motifs is 1. The molecule has 1 N–H and O–H groups in total. The molecule has 8 heteroatoms. The fraction of sp³-hybridized carbons (Fsp3) is 0.389. The highest BCUT2D eigenvalue weighted by Crippen LogP contribution is 2.05. The number of aliphatic hydroxyl groups is 1. The van der Waals surface area contributed by atoms with Crippen LogP contribution in [0.25, 0.3) is 11.2 Å². The van der Waals surface area contributed by atoms with Gasteiger partial charge in [-0.05, 0) is 5.56 Å². The van der Waals surface area contributed by atoms with Crippen molar-refractivity contribution in [2.45, 2.75) is 13.1 Å². The van der Waals surface area contributed by atoms with E-state index in [0.29, 0.717) is 30.8 Å². The Kier molecular flexibility index (Phi) is 5.34. The lowest BCUT2D eigenvalue weighted by Gasteiger charge is -2.21. The maximum atomic E-state index is 12.7. The first-order valence-electron chi connectivity index (χ1n) is 8.51. The minimum absolute atomic E-state index is 0.0144. The molecule has 8 nitrogen and oxygen atoms in total. The van der Waals surface area contributed by atoms with Crippen LogP contribution in [0, 0.1) is 0 Å². The third-order valence-electron chi connectivity index (χ3n) is 4.51. The van der Waals surface area contributed by atoms with Crippen molar-refractivity contribution in [2.24, 2.45) is 14.1 Å². The number of aliphatic hydroxyl groups excluding tert-OH is 1. The van der Waals surface area contributed by atoms with Crippen LogP contribution in [0.5, 0.6) is 0 Å². The molecule has 138 valence electrons. The van der Waals surface area contributed by atoms with E-state index < -0.39 is 0 Å². The number of aromatic nitrogens is 4. The quantitative estimate of drug-likeness (QED) is 0.640. The molecular weight excluding hydrogens is 334 g/mol. The van der Waals surface area contributed by atoms with Crippen LogP contribution in [-0.4, -0.2) is 48.4 Å². The van der Waals surface area contributed by atoms with E-state index in [2.05, 4.69) is 4.98 Å². The van der Waals surface area contributed by atoms with Gasteiger partial charge in [-0.3, -0.25) is 18.8 Å². The minimum atomic E-state index is -0.384. The van der Waals surface area contributed by atoms with Gasteiger partial charge in [0.05, 0.1) is 12.9 Å². The maximum Gasteiger partial charge on any atom is 0.332 e. The van der Waals surface area contributed by atoms with Crippen molar-refractivity contribution in [1.82, 2.24) is 23.6 Å². The molecule has 0 aliphatic heterocycles. The summed E-state index contributed by atoms with van der Waals surface area (Å²) in [6.07, 6.45) is 1.53. The Morgan fingerprint density at radius 1 is 1.12 bits per heavy atom. The van der Waals surface area contributed by atoms with E-state index in [0.717, 1.165) is 5.56 Å². The van der Waals surface area contributed by atoms with Gasteiger partial charge in [0.2, 0.25) is 0 Å². The Labute approximate surface area is 150 Å². The van der Waals surface area contributed by atoms with Crippen LogP contribution < -0.4 is 11.2 Å². The van der Waals surface area contributed by atoms with Crippen LogP contribution in [0.4, 0.5) is 0 Å². The van der Waals surface area contributed by atoms with Crippen LogP contribution in [0.3, 0.4) is 0 Å². The molecule has 0 saturated carbocycles. The molecular formula is C18H23N5O3. The van der Waals surface area contributed by atoms with Gasteiger partial charge in [0.25, 0.3) is 5.56 Å². The van der Waals surface area contributed by atoms with Crippen molar-refractivity contribution in [3.8, 4) is 0 Å². The molecule has 2 heterocycles.